The zero-order chi connectivity index (χ0) is 18.8. The van der Waals surface area contributed by atoms with Crippen molar-refractivity contribution in [3.63, 3.8) is 0 Å². The lowest BCUT2D eigenvalue weighted by Crippen LogP contribution is -2.17. The van der Waals surface area contributed by atoms with E-state index in [1.54, 1.807) is 0 Å². The van der Waals surface area contributed by atoms with Crippen LogP contribution >= 0.6 is 0 Å². The highest BCUT2D eigenvalue weighted by Gasteiger charge is 2.23. The maximum atomic E-state index is 5.10. The van der Waals surface area contributed by atoms with E-state index in [1.165, 1.54) is 49.5 Å². The van der Waals surface area contributed by atoms with Gasteiger partial charge in [-0.1, -0.05) is 20.8 Å². The average Bonchev–Trinajstić information content (AvgIpc) is 2.52. The molecule has 0 saturated carbocycles. The van der Waals surface area contributed by atoms with Gasteiger partial charge in [-0.05, 0) is 87.2 Å². The van der Waals surface area contributed by atoms with Crippen molar-refractivity contribution < 1.29 is 0 Å². The van der Waals surface area contributed by atoms with Crippen molar-refractivity contribution in [3.8, 4) is 0 Å². The second kappa shape index (κ2) is 5.52. The van der Waals surface area contributed by atoms with Crippen LogP contribution in [0.15, 0.2) is 0 Å². The molecule has 0 N–H and O–H groups in total. The molecule has 0 amide bonds. The molecule has 3 rings (SSSR count). The molecule has 0 fully saturated rings. The lowest BCUT2D eigenvalue weighted by atomic mass is 9.85. The Kier molecular flexibility index (Phi) is 3.94. The predicted octanol–water partition coefficient (Wildman–Crippen LogP) is 6.24. The van der Waals surface area contributed by atoms with E-state index in [-0.39, 0.29) is 5.41 Å². The molecular weight excluding hydrogens is 304 g/mol. The van der Waals surface area contributed by atoms with Gasteiger partial charge in [0.05, 0.1) is 5.52 Å². The Morgan fingerprint density at radius 2 is 0.960 bits per heavy atom. The van der Waals surface area contributed by atoms with Crippen LogP contribution in [0.4, 0.5) is 0 Å². The second-order valence-corrected chi connectivity index (χ2v) is 8.61. The second-order valence-electron chi connectivity index (χ2n) is 8.61. The monoisotopic (exact) mass is 334 g/mol. The van der Waals surface area contributed by atoms with Gasteiger partial charge in [-0.3, -0.25) is 0 Å². The van der Waals surface area contributed by atoms with Crippen LogP contribution in [0.2, 0.25) is 0 Å². The SMILES string of the molecule is Cc1c(C)c(C)c2c(c1C)c(C)c(C)c1c(C)nc(C(C)(C)C)nc12. The molecule has 25 heavy (non-hydrogen) atoms. The van der Waals surface area contributed by atoms with Crippen LogP contribution in [-0.4, -0.2) is 9.97 Å². The first-order chi connectivity index (χ1) is 11.5. The minimum absolute atomic E-state index is 0.0627. The molecule has 2 nitrogen and oxygen atoms in total. The first-order valence-corrected chi connectivity index (χ1v) is 9.14. The lowest BCUT2D eigenvalue weighted by Gasteiger charge is -2.23. The molecule has 0 radical (unpaired) electrons. The first kappa shape index (κ1) is 17.8. The third-order valence-corrected chi connectivity index (χ3v) is 6.00. The standard InChI is InChI=1S/C23H30N2/c1-11-12(2)14(4)20-18(13(11)3)15(5)16(6)19-17(7)24-22(23(8,9)10)25-21(19)20/h1-10H3. The van der Waals surface area contributed by atoms with E-state index in [2.05, 4.69) is 69.2 Å². The minimum Gasteiger partial charge on any atom is -0.237 e. The highest BCUT2D eigenvalue weighted by molar-refractivity contribution is 6.12. The number of nitrogens with zero attached hydrogens (tertiary/aromatic N) is 2. The van der Waals surface area contributed by atoms with Gasteiger partial charge in [-0.15, -0.1) is 0 Å². The van der Waals surface area contributed by atoms with Gasteiger partial charge >= 0.3 is 0 Å². The van der Waals surface area contributed by atoms with Crippen molar-refractivity contribution in [3.05, 3.63) is 44.9 Å². The van der Waals surface area contributed by atoms with Gasteiger partial charge in [0, 0.05) is 21.9 Å². The van der Waals surface area contributed by atoms with E-state index in [9.17, 15) is 0 Å². The Morgan fingerprint density at radius 1 is 0.520 bits per heavy atom. The summed E-state index contributed by atoms with van der Waals surface area (Å²) in [5.74, 6) is 0.928. The summed E-state index contributed by atoms with van der Waals surface area (Å²) in [7, 11) is 0. The van der Waals surface area contributed by atoms with Gasteiger partial charge in [0.1, 0.15) is 5.82 Å². The van der Waals surface area contributed by atoms with Crippen LogP contribution < -0.4 is 0 Å². The number of fused-ring (bicyclic) bond motifs is 3. The van der Waals surface area contributed by atoms with Crippen LogP contribution in [0, 0.1) is 48.5 Å². The summed E-state index contributed by atoms with van der Waals surface area (Å²) in [5.41, 5.74) is 10.3. The molecular formula is C23H30N2. The van der Waals surface area contributed by atoms with E-state index in [4.69, 9.17) is 9.97 Å². The third-order valence-electron chi connectivity index (χ3n) is 6.00. The number of hydrogen-bond donors (Lipinski definition) is 0. The Labute approximate surface area is 151 Å². The number of hydrogen-bond acceptors (Lipinski definition) is 2. The van der Waals surface area contributed by atoms with Gasteiger partial charge in [0.2, 0.25) is 0 Å². The summed E-state index contributed by atoms with van der Waals surface area (Å²) in [5, 5.41) is 3.92. The van der Waals surface area contributed by atoms with Crippen molar-refractivity contribution in [1.29, 1.82) is 0 Å². The molecule has 2 heteroatoms. The van der Waals surface area contributed by atoms with Crippen molar-refractivity contribution in [2.75, 3.05) is 0 Å². The minimum atomic E-state index is -0.0627. The van der Waals surface area contributed by atoms with Crippen LogP contribution in [0.3, 0.4) is 0 Å². The van der Waals surface area contributed by atoms with Gasteiger partial charge in [-0.25, -0.2) is 9.97 Å². The number of aromatic nitrogens is 2. The van der Waals surface area contributed by atoms with Gasteiger partial charge in [0.15, 0.2) is 0 Å². The zero-order valence-electron chi connectivity index (χ0n) is 17.4. The lowest BCUT2D eigenvalue weighted by molar-refractivity contribution is 0.546. The molecule has 0 spiro atoms. The topological polar surface area (TPSA) is 25.8 Å². The summed E-state index contributed by atoms with van der Waals surface area (Å²) in [6.07, 6.45) is 0. The smallest absolute Gasteiger partial charge is 0.134 e. The summed E-state index contributed by atoms with van der Waals surface area (Å²) >= 11 is 0. The van der Waals surface area contributed by atoms with E-state index in [0.717, 1.165) is 17.0 Å². The van der Waals surface area contributed by atoms with Gasteiger partial charge in [-0.2, -0.15) is 0 Å². The molecule has 0 atom stereocenters. The van der Waals surface area contributed by atoms with E-state index in [1.807, 2.05) is 0 Å². The third kappa shape index (κ3) is 2.46. The van der Waals surface area contributed by atoms with Crippen molar-refractivity contribution in [2.24, 2.45) is 0 Å². The van der Waals surface area contributed by atoms with E-state index in [0.29, 0.717) is 0 Å². The molecule has 0 saturated heterocycles. The highest BCUT2D eigenvalue weighted by Crippen LogP contribution is 2.39. The van der Waals surface area contributed by atoms with Crippen molar-refractivity contribution in [2.45, 2.75) is 74.7 Å². The maximum Gasteiger partial charge on any atom is 0.134 e. The molecule has 2 aromatic carbocycles. The zero-order valence-corrected chi connectivity index (χ0v) is 17.4. The number of rotatable bonds is 0. The Hall–Kier alpha value is -1.96. The van der Waals surface area contributed by atoms with Gasteiger partial charge < -0.3 is 0 Å². The summed E-state index contributed by atoms with van der Waals surface area (Å²) in [6, 6.07) is 0. The summed E-state index contributed by atoms with van der Waals surface area (Å²) in [6.45, 7) is 22.1. The van der Waals surface area contributed by atoms with Crippen LogP contribution in [0.1, 0.15) is 65.7 Å². The fraction of sp³-hybridized carbons (Fsp3) is 0.478. The normalized spacial score (nSPS) is 12.4. The van der Waals surface area contributed by atoms with Crippen LogP contribution in [0.5, 0.6) is 0 Å². The molecule has 1 heterocycles. The number of aryl methyl sites for hydroxylation is 5. The van der Waals surface area contributed by atoms with E-state index < -0.39 is 0 Å². The Bertz CT molecular complexity index is 1030. The fourth-order valence-corrected chi connectivity index (χ4v) is 3.99. The largest absolute Gasteiger partial charge is 0.237 e. The molecule has 3 aromatic rings. The molecule has 0 unspecified atom stereocenters. The maximum absolute atomic E-state index is 5.10. The Morgan fingerprint density at radius 3 is 1.48 bits per heavy atom. The summed E-state index contributed by atoms with van der Waals surface area (Å²) in [4.78, 5) is 9.96. The predicted molar refractivity (Wildman–Crippen MR) is 109 cm³/mol. The molecule has 132 valence electrons. The summed E-state index contributed by atoms with van der Waals surface area (Å²) < 4.78 is 0. The fourth-order valence-electron chi connectivity index (χ4n) is 3.99. The highest BCUT2D eigenvalue weighted by atomic mass is 14.9. The molecule has 0 aliphatic heterocycles. The molecule has 0 aliphatic carbocycles. The van der Waals surface area contributed by atoms with Crippen LogP contribution in [-0.2, 0) is 5.41 Å². The molecule has 0 bridgehead atoms. The van der Waals surface area contributed by atoms with E-state index >= 15 is 0 Å². The van der Waals surface area contributed by atoms with Crippen molar-refractivity contribution in [1.82, 2.24) is 9.97 Å². The van der Waals surface area contributed by atoms with Gasteiger partial charge in [0.25, 0.3) is 0 Å². The first-order valence-electron chi connectivity index (χ1n) is 9.14. The van der Waals surface area contributed by atoms with Crippen LogP contribution in [0.25, 0.3) is 21.7 Å². The Balaban J connectivity index is 2.72. The average molecular weight is 335 g/mol. The molecule has 0 aliphatic rings. The van der Waals surface area contributed by atoms with Crippen molar-refractivity contribution >= 4 is 21.7 Å². The number of benzene rings is 2. The molecule has 1 aromatic heterocycles. The quantitative estimate of drug-likeness (QED) is 0.455.